The van der Waals surface area contributed by atoms with Crippen molar-refractivity contribution in [2.24, 2.45) is 0 Å². The molecule has 0 bridgehead atoms. The van der Waals surface area contributed by atoms with E-state index in [-0.39, 0.29) is 5.91 Å². The lowest BCUT2D eigenvalue weighted by atomic mass is 10.2. The van der Waals surface area contributed by atoms with Crippen molar-refractivity contribution in [2.45, 2.75) is 6.54 Å². The van der Waals surface area contributed by atoms with Crippen molar-refractivity contribution in [1.82, 2.24) is 20.4 Å². The molecule has 0 saturated carbocycles. The quantitative estimate of drug-likeness (QED) is 0.893. The summed E-state index contributed by atoms with van der Waals surface area (Å²) in [7, 11) is 3.44. The van der Waals surface area contributed by atoms with E-state index in [0.29, 0.717) is 17.3 Å². The average molecular weight is 279 g/mol. The lowest BCUT2D eigenvalue weighted by Gasteiger charge is -2.11. The Balaban J connectivity index is 2.46. The Hall–Kier alpha value is -1.85. The van der Waals surface area contributed by atoms with Gasteiger partial charge in [-0.15, -0.1) is 0 Å². The zero-order valence-corrected chi connectivity index (χ0v) is 11.5. The standard InChI is InChI=1S/C13H15ClN4O/c1-15-8-9-4-3-5-10(14)12(9)18-7-6-11(17-18)13(19)16-2/h3-7,15H,8H2,1-2H3,(H,16,19). The minimum Gasteiger partial charge on any atom is -0.354 e. The van der Waals surface area contributed by atoms with Gasteiger partial charge in [0.05, 0.1) is 10.7 Å². The number of amides is 1. The third-order valence-corrected chi connectivity index (χ3v) is 3.02. The van der Waals surface area contributed by atoms with Gasteiger partial charge in [0.25, 0.3) is 5.91 Å². The van der Waals surface area contributed by atoms with E-state index < -0.39 is 0 Å². The summed E-state index contributed by atoms with van der Waals surface area (Å²) in [6, 6.07) is 7.32. The van der Waals surface area contributed by atoms with Crippen LogP contribution in [0.15, 0.2) is 30.5 Å². The molecule has 2 N–H and O–H groups in total. The predicted molar refractivity (Wildman–Crippen MR) is 74.7 cm³/mol. The smallest absolute Gasteiger partial charge is 0.271 e. The number of halogens is 1. The molecule has 1 aromatic carbocycles. The van der Waals surface area contributed by atoms with E-state index in [4.69, 9.17) is 11.6 Å². The first-order valence-corrected chi connectivity index (χ1v) is 6.25. The van der Waals surface area contributed by atoms with Crippen molar-refractivity contribution < 1.29 is 4.79 Å². The van der Waals surface area contributed by atoms with Crippen LogP contribution in [-0.2, 0) is 6.54 Å². The summed E-state index contributed by atoms with van der Waals surface area (Å²) in [5, 5.41) is 10.5. The maximum atomic E-state index is 11.5. The van der Waals surface area contributed by atoms with Gasteiger partial charge >= 0.3 is 0 Å². The van der Waals surface area contributed by atoms with Gasteiger partial charge in [-0.1, -0.05) is 23.7 Å². The highest BCUT2D eigenvalue weighted by atomic mass is 35.5. The maximum Gasteiger partial charge on any atom is 0.271 e. The van der Waals surface area contributed by atoms with Crippen LogP contribution < -0.4 is 10.6 Å². The Morgan fingerprint density at radius 3 is 2.84 bits per heavy atom. The molecule has 5 nitrogen and oxygen atoms in total. The molecule has 2 aromatic rings. The second-order valence-corrected chi connectivity index (χ2v) is 4.41. The predicted octanol–water partition coefficient (Wildman–Crippen LogP) is 1.60. The van der Waals surface area contributed by atoms with Gasteiger partial charge in [-0.25, -0.2) is 4.68 Å². The second-order valence-electron chi connectivity index (χ2n) is 4.00. The molecule has 0 atom stereocenters. The number of nitrogens with one attached hydrogen (secondary N) is 2. The second kappa shape index (κ2) is 5.86. The Bertz CT molecular complexity index is 594. The van der Waals surface area contributed by atoms with Gasteiger partial charge in [-0.2, -0.15) is 5.10 Å². The molecular weight excluding hydrogens is 264 g/mol. The SMILES string of the molecule is CNCc1cccc(Cl)c1-n1ccc(C(=O)NC)n1. The number of para-hydroxylation sites is 1. The normalized spacial score (nSPS) is 10.5. The zero-order chi connectivity index (χ0) is 13.8. The van der Waals surface area contributed by atoms with Crippen LogP contribution in [0.3, 0.4) is 0 Å². The highest BCUT2D eigenvalue weighted by Crippen LogP contribution is 2.24. The Morgan fingerprint density at radius 1 is 1.37 bits per heavy atom. The molecule has 0 radical (unpaired) electrons. The van der Waals surface area contributed by atoms with Crippen LogP contribution in [0.1, 0.15) is 16.1 Å². The van der Waals surface area contributed by atoms with Gasteiger partial charge < -0.3 is 10.6 Å². The van der Waals surface area contributed by atoms with Crippen molar-refractivity contribution >= 4 is 17.5 Å². The topological polar surface area (TPSA) is 59.0 Å². The monoisotopic (exact) mass is 278 g/mol. The van der Waals surface area contributed by atoms with Gasteiger partial charge in [0.1, 0.15) is 0 Å². The molecule has 2 rings (SSSR count). The number of carbonyl (C=O) groups excluding carboxylic acids is 1. The lowest BCUT2D eigenvalue weighted by molar-refractivity contribution is 0.0957. The van der Waals surface area contributed by atoms with Gasteiger partial charge in [-0.05, 0) is 24.7 Å². The van der Waals surface area contributed by atoms with E-state index in [1.165, 1.54) is 0 Å². The van der Waals surface area contributed by atoms with Gasteiger partial charge in [-0.3, -0.25) is 4.79 Å². The average Bonchev–Trinajstić information content (AvgIpc) is 2.87. The van der Waals surface area contributed by atoms with Crippen molar-refractivity contribution in [3.8, 4) is 5.69 Å². The van der Waals surface area contributed by atoms with E-state index in [0.717, 1.165) is 11.3 Å². The summed E-state index contributed by atoms with van der Waals surface area (Å²) in [5.74, 6) is -0.221. The minimum absolute atomic E-state index is 0.221. The summed E-state index contributed by atoms with van der Waals surface area (Å²) < 4.78 is 1.62. The summed E-state index contributed by atoms with van der Waals surface area (Å²) in [5.41, 5.74) is 2.16. The summed E-state index contributed by atoms with van der Waals surface area (Å²) in [6.07, 6.45) is 1.73. The van der Waals surface area contributed by atoms with Crippen LogP contribution in [0, 0.1) is 0 Å². The zero-order valence-electron chi connectivity index (χ0n) is 10.8. The minimum atomic E-state index is -0.221. The lowest BCUT2D eigenvalue weighted by Crippen LogP contribution is -2.18. The number of rotatable bonds is 4. The number of hydrogen-bond donors (Lipinski definition) is 2. The van der Waals surface area contributed by atoms with Crippen molar-refractivity contribution in [3.63, 3.8) is 0 Å². The number of aromatic nitrogens is 2. The Labute approximate surface area is 116 Å². The molecule has 0 aliphatic heterocycles. The molecule has 0 fully saturated rings. The highest BCUT2D eigenvalue weighted by molar-refractivity contribution is 6.32. The molecule has 1 heterocycles. The van der Waals surface area contributed by atoms with Crippen LogP contribution in [-0.4, -0.2) is 29.8 Å². The van der Waals surface area contributed by atoms with Crippen molar-refractivity contribution in [2.75, 3.05) is 14.1 Å². The van der Waals surface area contributed by atoms with E-state index in [2.05, 4.69) is 15.7 Å². The molecule has 0 aliphatic rings. The molecule has 6 heteroatoms. The largest absolute Gasteiger partial charge is 0.354 e. The summed E-state index contributed by atoms with van der Waals surface area (Å²) in [4.78, 5) is 11.5. The molecule has 100 valence electrons. The fraction of sp³-hybridized carbons (Fsp3) is 0.231. The Morgan fingerprint density at radius 2 is 2.16 bits per heavy atom. The van der Waals surface area contributed by atoms with Gasteiger partial charge in [0.2, 0.25) is 0 Å². The van der Waals surface area contributed by atoms with Crippen molar-refractivity contribution in [3.05, 3.63) is 46.7 Å². The number of carbonyl (C=O) groups is 1. The first kappa shape index (κ1) is 13.6. The first-order valence-electron chi connectivity index (χ1n) is 5.87. The molecule has 0 unspecified atom stereocenters. The molecule has 0 aliphatic carbocycles. The van der Waals surface area contributed by atoms with Gasteiger partial charge in [0, 0.05) is 19.8 Å². The maximum absolute atomic E-state index is 11.5. The Kier molecular flexibility index (Phi) is 4.19. The van der Waals surface area contributed by atoms with Crippen LogP contribution in [0.5, 0.6) is 0 Å². The molecule has 0 saturated heterocycles. The summed E-state index contributed by atoms with van der Waals surface area (Å²) >= 11 is 6.23. The van der Waals surface area contributed by atoms with E-state index in [9.17, 15) is 4.79 Å². The molecular formula is C13H15ClN4O. The van der Waals surface area contributed by atoms with E-state index >= 15 is 0 Å². The fourth-order valence-corrected chi connectivity index (χ4v) is 2.13. The fourth-order valence-electron chi connectivity index (χ4n) is 1.85. The highest BCUT2D eigenvalue weighted by Gasteiger charge is 2.13. The third kappa shape index (κ3) is 2.77. The van der Waals surface area contributed by atoms with E-state index in [1.807, 2.05) is 19.2 Å². The van der Waals surface area contributed by atoms with Crippen LogP contribution in [0.4, 0.5) is 0 Å². The van der Waals surface area contributed by atoms with Crippen LogP contribution in [0.2, 0.25) is 5.02 Å². The number of benzene rings is 1. The molecule has 0 spiro atoms. The van der Waals surface area contributed by atoms with Gasteiger partial charge in [0.15, 0.2) is 5.69 Å². The molecule has 19 heavy (non-hydrogen) atoms. The molecule has 1 amide bonds. The third-order valence-electron chi connectivity index (χ3n) is 2.72. The molecule has 1 aromatic heterocycles. The van der Waals surface area contributed by atoms with Crippen molar-refractivity contribution in [1.29, 1.82) is 0 Å². The van der Waals surface area contributed by atoms with E-state index in [1.54, 1.807) is 30.1 Å². The van der Waals surface area contributed by atoms with Crippen LogP contribution >= 0.6 is 11.6 Å². The number of nitrogens with zero attached hydrogens (tertiary/aromatic N) is 2. The summed E-state index contributed by atoms with van der Waals surface area (Å²) in [6.45, 7) is 0.672. The first-order chi connectivity index (χ1) is 9.17. The number of hydrogen-bond acceptors (Lipinski definition) is 3. The van der Waals surface area contributed by atoms with Crippen LogP contribution in [0.25, 0.3) is 5.69 Å².